The summed E-state index contributed by atoms with van der Waals surface area (Å²) in [7, 11) is 0. The monoisotopic (exact) mass is 217 g/mol. The fourth-order valence-electron chi connectivity index (χ4n) is 1.22. The van der Waals surface area contributed by atoms with Crippen LogP contribution in [-0.4, -0.2) is 25.6 Å². The van der Waals surface area contributed by atoms with Crippen LogP contribution in [0.25, 0.3) is 5.69 Å². The summed E-state index contributed by atoms with van der Waals surface area (Å²) in [5, 5.41) is 8.77. The molecule has 0 radical (unpaired) electrons. The van der Waals surface area contributed by atoms with Gasteiger partial charge in [0.1, 0.15) is 11.9 Å². The summed E-state index contributed by atoms with van der Waals surface area (Å²) in [6.45, 7) is 0. The van der Waals surface area contributed by atoms with Gasteiger partial charge in [0.15, 0.2) is 0 Å². The minimum Gasteiger partial charge on any atom is -0.477 e. The minimum absolute atomic E-state index is 0.362. The van der Waals surface area contributed by atoms with Crippen LogP contribution in [0.5, 0.6) is 0 Å². The molecule has 0 aliphatic carbocycles. The first-order valence-electron chi connectivity index (χ1n) is 4.40. The summed E-state index contributed by atoms with van der Waals surface area (Å²) in [5.41, 5.74) is -0.429. The SMILES string of the molecule is O=C(O)c1cn(-c2ccncc2)cnc1=O. The standard InChI is InChI=1S/C10H7N3O3/c14-9-8(10(15)16)5-13(6-12-9)7-1-3-11-4-2-7/h1-6H,(H,15,16). The molecule has 16 heavy (non-hydrogen) atoms. The van der Waals surface area contributed by atoms with Crippen LogP contribution in [0.4, 0.5) is 0 Å². The summed E-state index contributed by atoms with van der Waals surface area (Å²) >= 11 is 0. The lowest BCUT2D eigenvalue weighted by atomic mass is 10.3. The van der Waals surface area contributed by atoms with E-state index in [9.17, 15) is 9.59 Å². The molecule has 6 heteroatoms. The number of hydrogen-bond acceptors (Lipinski definition) is 4. The zero-order chi connectivity index (χ0) is 11.5. The van der Waals surface area contributed by atoms with Crippen LogP contribution in [0.3, 0.4) is 0 Å². The Hall–Kier alpha value is -2.50. The van der Waals surface area contributed by atoms with Crippen LogP contribution in [-0.2, 0) is 0 Å². The van der Waals surface area contributed by atoms with Crippen molar-refractivity contribution in [1.29, 1.82) is 0 Å². The predicted molar refractivity (Wildman–Crippen MR) is 54.6 cm³/mol. The minimum atomic E-state index is -1.29. The van der Waals surface area contributed by atoms with E-state index in [1.807, 2.05) is 0 Å². The third-order valence-electron chi connectivity index (χ3n) is 1.99. The fourth-order valence-corrected chi connectivity index (χ4v) is 1.22. The molecule has 2 aromatic rings. The first-order valence-corrected chi connectivity index (χ1v) is 4.40. The van der Waals surface area contributed by atoms with Crippen LogP contribution in [0.15, 0.2) is 41.8 Å². The molecular weight excluding hydrogens is 210 g/mol. The first kappa shape index (κ1) is 10.0. The first-order chi connectivity index (χ1) is 7.68. The maximum absolute atomic E-state index is 11.1. The van der Waals surface area contributed by atoms with Gasteiger partial charge in [-0.05, 0) is 12.1 Å². The highest BCUT2D eigenvalue weighted by Gasteiger charge is 2.09. The van der Waals surface area contributed by atoms with Gasteiger partial charge in [0.05, 0.1) is 0 Å². The van der Waals surface area contributed by atoms with E-state index in [0.29, 0.717) is 5.69 Å². The van der Waals surface area contributed by atoms with Crippen molar-refractivity contribution in [3.05, 3.63) is 53.0 Å². The molecule has 0 aliphatic heterocycles. The Kier molecular flexibility index (Phi) is 2.47. The van der Waals surface area contributed by atoms with Crippen LogP contribution < -0.4 is 5.56 Å². The van der Waals surface area contributed by atoms with Crippen molar-refractivity contribution in [3.63, 3.8) is 0 Å². The third-order valence-corrected chi connectivity index (χ3v) is 1.99. The Labute approximate surface area is 89.8 Å². The predicted octanol–water partition coefficient (Wildman–Crippen LogP) is 0.326. The molecule has 0 fully saturated rings. The highest BCUT2D eigenvalue weighted by molar-refractivity contribution is 5.86. The van der Waals surface area contributed by atoms with E-state index in [1.165, 1.54) is 17.1 Å². The average molecular weight is 217 g/mol. The molecule has 2 rings (SSSR count). The van der Waals surface area contributed by atoms with Crippen LogP contribution in [0.1, 0.15) is 10.4 Å². The zero-order valence-corrected chi connectivity index (χ0v) is 8.07. The molecule has 0 aliphatic rings. The van der Waals surface area contributed by atoms with Crippen LogP contribution in [0, 0.1) is 0 Å². The van der Waals surface area contributed by atoms with Crippen molar-refractivity contribution < 1.29 is 9.90 Å². The molecular formula is C10H7N3O3. The van der Waals surface area contributed by atoms with Gasteiger partial charge in [0.2, 0.25) is 0 Å². The molecule has 0 bridgehead atoms. The molecule has 0 spiro atoms. The summed E-state index contributed by atoms with van der Waals surface area (Å²) in [6.07, 6.45) is 5.62. The summed E-state index contributed by atoms with van der Waals surface area (Å²) in [5.74, 6) is -1.29. The van der Waals surface area contributed by atoms with E-state index in [2.05, 4.69) is 9.97 Å². The highest BCUT2D eigenvalue weighted by Crippen LogP contribution is 2.04. The van der Waals surface area contributed by atoms with Gasteiger partial charge in [0, 0.05) is 24.3 Å². The second kappa shape index (κ2) is 3.93. The molecule has 0 atom stereocenters. The van der Waals surface area contributed by atoms with E-state index in [4.69, 9.17) is 5.11 Å². The van der Waals surface area contributed by atoms with Crippen molar-refractivity contribution in [3.8, 4) is 5.69 Å². The van der Waals surface area contributed by atoms with E-state index in [0.717, 1.165) is 0 Å². The number of pyridine rings is 1. The van der Waals surface area contributed by atoms with Gasteiger partial charge in [0.25, 0.3) is 5.56 Å². The second-order valence-electron chi connectivity index (χ2n) is 3.01. The molecule has 0 amide bonds. The molecule has 0 aromatic carbocycles. The lowest BCUT2D eigenvalue weighted by molar-refractivity contribution is 0.0694. The zero-order valence-electron chi connectivity index (χ0n) is 8.07. The topological polar surface area (TPSA) is 85.1 Å². The number of carbonyl (C=O) groups is 1. The molecule has 0 unspecified atom stereocenters. The molecule has 2 aromatic heterocycles. The number of rotatable bonds is 2. The van der Waals surface area contributed by atoms with Crippen molar-refractivity contribution in [2.24, 2.45) is 0 Å². The van der Waals surface area contributed by atoms with Crippen molar-refractivity contribution in [2.45, 2.75) is 0 Å². The fraction of sp³-hybridized carbons (Fsp3) is 0. The lowest BCUT2D eigenvalue weighted by Gasteiger charge is -2.04. The van der Waals surface area contributed by atoms with Gasteiger partial charge < -0.3 is 9.67 Å². The third kappa shape index (κ3) is 1.81. The maximum atomic E-state index is 11.1. The second-order valence-corrected chi connectivity index (χ2v) is 3.01. The smallest absolute Gasteiger partial charge is 0.342 e. The van der Waals surface area contributed by atoms with E-state index >= 15 is 0 Å². The van der Waals surface area contributed by atoms with Crippen molar-refractivity contribution in [2.75, 3.05) is 0 Å². The lowest BCUT2D eigenvalue weighted by Crippen LogP contribution is -2.19. The van der Waals surface area contributed by atoms with E-state index in [1.54, 1.807) is 24.5 Å². The van der Waals surface area contributed by atoms with E-state index in [-0.39, 0.29) is 5.56 Å². The van der Waals surface area contributed by atoms with Gasteiger partial charge in [-0.15, -0.1) is 0 Å². The Morgan fingerprint density at radius 2 is 2.00 bits per heavy atom. The Balaban J connectivity index is 2.57. The number of nitrogens with zero attached hydrogens (tertiary/aromatic N) is 3. The van der Waals surface area contributed by atoms with Gasteiger partial charge in [-0.3, -0.25) is 9.78 Å². The Morgan fingerprint density at radius 3 is 2.62 bits per heavy atom. The molecule has 2 heterocycles. The molecule has 0 saturated heterocycles. The quantitative estimate of drug-likeness (QED) is 0.783. The maximum Gasteiger partial charge on any atom is 0.342 e. The molecule has 80 valence electrons. The molecule has 0 saturated carbocycles. The Bertz CT molecular complexity index is 577. The number of aromatic nitrogens is 3. The van der Waals surface area contributed by atoms with Crippen molar-refractivity contribution in [1.82, 2.24) is 14.5 Å². The Morgan fingerprint density at radius 1 is 1.31 bits per heavy atom. The van der Waals surface area contributed by atoms with Gasteiger partial charge in [-0.2, -0.15) is 4.98 Å². The number of carboxylic acid groups (broad SMARTS) is 1. The summed E-state index contributed by atoms with van der Waals surface area (Å²) in [6, 6.07) is 3.36. The van der Waals surface area contributed by atoms with Gasteiger partial charge in [-0.1, -0.05) is 0 Å². The average Bonchev–Trinajstić information content (AvgIpc) is 2.30. The number of carboxylic acids is 1. The normalized spacial score (nSPS) is 10.0. The largest absolute Gasteiger partial charge is 0.477 e. The van der Waals surface area contributed by atoms with E-state index < -0.39 is 11.5 Å². The van der Waals surface area contributed by atoms with Gasteiger partial charge >= 0.3 is 5.97 Å². The molecule has 6 nitrogen and oxygen atoms in total. The highest BCUT2D eigenvalue weighted by atomic mass is 16.4. The summed E-state index contributed by atoms with van der Waals surface area (Å²) in [4.78, 5) is 29.2. The van der Waals surface area contributed by atoms with Gasteiger partial charge in [-0.25, -0.2) is 4.79 Å². The summed E-state index contributed by atoms with van der Waals surface area (Å²) < 4.78 is 1.45. The molecule has 1 N–H and O–H groups in total. The van der Waals surface area contributed by atoms with Crippen LogP contribution in [0.2, 0.25) is 0 Å². The number of aromatic carboxylic acids is 1. The number of hydrogen-bond donors (Lipinski definition) is 1. The van der Waals surface area contributed by atoms with Crippen molar-refractivity contribution >= 4 is 5.97 Å². The van der Waals surface area contributed by atoms with Crippen LogP contribution >= 0.6 is 0 Å².